The monoisotopic (exact) mass is 131 g/mol. The normalized spacial score (nSPS) is 16.3. The third-order valence-corrected chi connectivity index (χ3v) is 1.87. The zero-order valence-electron chi connectivity index (χ0n) is 7.47. The van der Waals surface area contributed by atoms with Crippen LogP contribution in [0.2, 0.25) is 0 Å². The Labute approximate surface area is 58.7 Å². The van der Waals surface area contributed by atoms with Crippen LogP contribution >= 0.6 is 0 Å². The van der Waals surface area contributed by atoms with E-state index < -0.39 is 0 Å². The molecule has 0 radical (unpaired) electrons. The highest BCUT2D eigenvalue weighted by atomic mass is 15.4. The van der Waals surface area contributed by atoms with Gasteiger partial charge in [0.25, 0.3) is 0 Å². The van der Waals surface area contributed by atoms with Crippen molar-refractivity contribution >= 4 is 0 Å². The minimum absolute atomic E-state index is 0.588. The number of nitrogens with zero attached hydrogens (tertiary/aromatic N) is 2. The van der Waals surface area contributed by atoms with Crippen molar-refractivity contribution in [2.75, 3.05) is 35.2 Å². The molecule has 0 saturated heterocycles. The van der Waals surface area contributed by atoms with Gasteiger partial charge in [-0.2, -0.15) is 0 Å². The SMILES string of the molecule is CC(N(C)C)[N+](C)(C)C. The van der Waals surface area contributed by atoms with Crippen molar-refractivity contribution in [1.29, 1.82) is 0 Å². The fourth-order valence-corrected chi connectivity index (χ4v) is 0.693. The van der Waals surface area contributed by atoms with E-state index in [9.17, 15) is 0 Å². The Bertz CT molecular complexity index is 81.4. The molecule has 0 aromatic rings. The van der Waals surface area contributed by atoms with Crippen molar-refractivity contribution in [2.45, 2.75) is 13.1 Å². The van der Waals surface area contributed by atoms with Gasteiger partial charge in [-0.3, -0.25) is 4.90 Å². The van der Waals surface area contributed by atoms with Gasteiger partial charge in [-0.25, -0.2) is 0 Å². The van der Waals surface area contributed by atoms with Gasteiger partial charge in [0.2, 0.25) is 0 Å². The topological polar surface area (TPSA) is 3.24 Å². The van der Waals surface area contributed by atoms with Crippen molar-refractivity contribution in [3.63, 3.8) is 0 Å². The van der Waals surface area contributed by atoms with Gasteiger partial charge < -0.3 is 4.48 Å². The molecule has 0 saturated carbocycles. The van der Waals surface area contributed by atoms with E-state index in [1.807, 2.05) is 0 Å². The number of quaternary nitrogens is 1. The number of rotatable bonds is 2. The Kier molecular flexibility index (Phi) is 2.65. The minimum Gasteiger partial charge on any atom is -0.316 e. The lowest BCUT2D eigenvalue weighted by molar-refractivity contribution is -0.905. The summed E-state index contributed by atoms with van der Waals surface area (Å²) in [4.78, 5) is 2.22. The maximum Gasteiger partial charge on any atom is 0.141 e. The van der Waals surface area contributed by atoms with Crippen LogP contribution in [0.3, 0.4) is 0 Å². The lowest BCUT2D eigenvalue weighted by atomic mass is 10.4. The van der Waals surface area contributed by atoms with Gasteiger partial charge in [0.1, 0.15) is 6.17 Å². The molecule has 0 bridgehead atoms. The summed E-state index contributed by atoms with van der Waals surface area (Å²) in [5, 5.41) is 0. The lowest BCUT2D eigenvalue weighted by Crippen LogP contribution is -2.50. The predicted molar refractivity (Wildman–Crippen MR) is 41.2 cm³/mol. The average molecular weight is 131 g/mol. The number of hydrogen-bond donors (Lipinski definition) is 0. The van der Waals surface area contributed by atoms with E-state index in [1.54, 1.807) is 0 Å². The molecule has 0 aliphatic carbocycles. The molecule has 0 aromatic carbocycles. The summed E-state index contributed by atoms with van der Waals surface area (Å²) in [5.41, 5.74) is 0. The van der Waals surface area contributed by atoms with Crippen LogP contribution in [-0.4, -0.2) is 50.8 Å². The van der Waals surface area contributed by atoms with E-state index in [0.29, 0.717) is 6.17 Å². The summed E-state index contributed by atoms with van der Waals surface area (Å²) < 4.78 is 0.993. The summed E-state index contributed by atoms with van der Waals surface area (Å²) in [6, 6.07) is 0. The van der Waals surface area contributed by atoms with Gasteiger partial charge in [0.05, 0.1) is 21.1 Å². The lowest BCUT2D eigenvalue weighted by Gasteiger charge is -2.35. The van der Waals surface area contributed by atoms with Crippen molar-refractivity contribution in [2.24, 2.45) is 0 Å². The standard InChI is InChI=1S/C7H19N2/c1-7(8(2)3)9(4,5)6/h7H,1-6H3/q+1. The molecular formula is C7H19N2+. The highest BCUT2D eigenvalue weighted by Gasteiger charge is 2.19. The third-order valence-electron chi connectivity index (χ3n) is 1.87. The molecule has 56 valence electrons. The predicted octanol–water partition coefficient (Wildman–Crippen LogP) is 0.600. The van der Waals surface area contributed by atoms with Gasteiger partial charge in [0, 0.05) is 6.92 Å². The quantitative estimate of drug-likeness (QED) is 0.392. The van der Waals surface area contributed by atoms with Crippen molar-refractivity contribution in [3.05, 3.63) is 0 Å². The molecule has 2 nitrogen and oxygen atoms in total. The first-order valence-corrected chi connectivity index (χ1v) is 3.33. The van der Waals surface area contributed by atoms with Crippen molar-refractivity contribution in [1.82, 2.24) is 4.90 Å². The molecule has 0 heterocycles. The largest absolute Gasteiger partial charge is 0.316 e. The Balaban J connectivity index is 3.88. The van der Waals surface area contributed by atoms with E-state index in [0.717, 1.165) is 4.48 Å². The van der Waals surface area contributed by atoms with Gasteiger partial charge in [-0.15, -0.1) is 0 Å². The zero-order valence-corrected chi connectivity index (χ0v) is 7.47. The molecule has 0 rings (SSSR count). The second-order valence-electron chi connectivity index (χ2n) is 3.71. The average Bonchev–Trinajstić information content (AvgIpc) is 1.62. The van der Waals surface area contributed by atoms with Gasteiger partial charge in [-0.1, -0.05) is 0 Å². The van der Waals surface area contributed by atoms with Crippen LogP contribution in [0.15, 0.2) is 0 Å². The molecular weight excluding hydrogens is 112 g/mol. The molecule has 0 N–H and O–H groups in total. The summed E-state index contributed by atoms with van der Waals surface area (Å²) in [5.74, 6) is 0. The van der Waals surface area contributed by atoms with Gasteiger partial charge >= 0.3 is 0 Å². The van der Waals surface area contributed by atoms with Crippen LogP contribution in [0.1, 0.15) is 6.92 Å². The molecule has 0 fully saturated rings. The van der Waals surface area contributed by atoms with Crippen molar-refractivity contribution < 1.29 is 4.48 Å². The molecule has 0 amide bonds. The summed E-state index contributed by atoms with van der Waals surface area (Å²) in [6.07, 6.45) is 0.588. The van der Waals surface area contributed by atoms with Gasteiger partial charge in [-0.05, 0) is 14.1 Å². The first-order chi connectivity index (χ1) is 3.85. The second kappa shape index (κ2) is 2.67. The van der Waals surface area contributed by atoms with E-state index in [2.05, 4.69) is 47.1 Å². The molecule has 0 aromatic heterocycles. The van der Waals surface area contributed by atoms with E-state index >= 15 is 0 Å². The fourth-order valence-electron chi connectivity index (χ4n) is 0.693. The molecule has 0 aliphatic heterocycles. The smallest absolute Gasteiger partial charge is 0.141 e. The Morgan fingerprint density at radius 2 is 1.44 bits per heavy atom. The van der Waals surface area contributed by atoms with Crippen LogP contribution in [-0.2, 0) is 0 Å². The minimum atomic E-state index is 0.588. The van der Waals surface area contributed by atoms with E-state index in [1.165, 1.54) is 0 Å². The Hall–Kier alpha value is -0.0800. The summed E-state index contributed by atoms with van der Waals surface area (Å²) >= 11 is 0. The molecule has 0 aliphatic rings. The van der Waals surface area contributed by atoms with E-state index in [-0.39, 0.29) is 0 Å². The zero-order chi connectivity index (χ0) is 7.65. The first kappa shape index (κ1) is 8.92. The highest BCUT2D eigenvalue weighted by Crippen LogP contribution is 2.02. The first-order valence-electron chi connectivity index (χ1n) is 3.33. The van der Waals surface area contributed by atoms with Gasteiger partial charge in [0.15, 0.2) is 0 Å². The van der Waals surface area contributed by atoms with Crippen LogP contribution in [0, 0.1) is 0 Å². The fraction of sp³-hybridized carbons (Fsp3) is 1.00. The maximum absolute atomic E-state index is 2.22. The van der Waals surface area contributed by atoms with Crippen LogP contribution < -0.4 is 0 Å². The van der Waals surface area contributed by atoms with Crippen LogP contribution in [0.25, 0.3) is 0 Å². The Morgan fingerprint density at radius 3 is 1.44 bits per heavy atom. The maximum atomic E-state index is 2.22. The van der Waals surface area contributed by atoms with Crippen LogP contribution in [0.4, 0.5) is 0 Å². The van der Waals surface area contributed by atoms with E-state index in [4.69, 9.17) is 0 Å². The molecule has 1 unspecified atom stereocenters. The number of hydrogen-bond acceptors (Lipinski definition) is 1. The molecule has 2 heteroatoms. The van der Waals surface area contributed by atoms with Crippen LogP contribution in [0.5, 0.6) is 0 Å². The second-order valence-corrected chi connectivity index (χ2v) is 3.71. The molecule has 9 heavy (non-hydrogen) atoms. The summed E-state index contributed by atoms with van der Waals surface area (Å²) in [6.45, 7) is 2.22. The highest BCUT2D eigenvalue weighted by molar-refractivity contribution is 4.42. The molecule has 0 spiro atoms. The van der Waals surface area contributed by atoms with Crippen molar-refractivity contribution in [3.8, 4) is 0 Å². The Morgan fingerprint density at radius 1 is 1.11 bits per heavy atom. The third kappa shape index (κ3) is 2.82. The summed E-state index contributed by atoms with van der Waals surface area (Å²) in [7, 11) is 10.8. The molecule has 1 atom stereocenters.